The normalized spacial score (nSPS) is 18.4. The van der Waals surface area contributed by atoms with Crippen molar-refractivity contribution < 1.29 is 14.4 Å². The Bertz CT molecular complexity index is 1130. The van der Waals surface area contributed by atoms with Gasteiger partial charge in [-0.25, -0.2) is 9.78 Å². The molecule has 1 saturated heterocycles. The maximum absolute atomic E-state index is 12.9. The van der Waals surface area contributed by atoms with E-state index in [4.69, 9.17) is 0 Å². The number of aromatic nitrogens is 1. The molecule has 1 fully saturated rings. The second-order valence-electron chi connectivity index (χ2n) is 6.91. The summed E-state index contributed by atoms with van der Waals surface area (Å²) in [7, 11) is 0. The van der Waals surface area contributed by atoms with Gasteiger partial charge in [-0.2, -0.15) is 0 Å². The minimum absolute atomic E-state index is 0.390. The predicted molar refractivity (Wildman–Crippen MR) is 118 cm³/mol. The van der Waals surface area contributed by atoms with Gasteiger partial charge < -0.3 is 10.6 Å². The van der Waals surface area contributed by atoms with E-state index in [0.29, 0.717) is 10.7 Å². The van der Waals surface area contributed by atoms with E-state index in [9.17, 15) is 14.4 Å². The summed E-state index contributed by atoms with van der Waals surface area (Å²) in [6, 6.07) is 16.0. The molecule has 152 valence electrons. The Labute approximate surface area is 185 Å². The average molecular weight is 485 g/mol. The molecule has 30 heavy (non-hydrogen) atoms. The molecule has 4 amide bonds. The first kappa shape index (κ1) is 20.2. The molecule has 0 aliphatic carbocycles. The van der Waals surface area contributed by atoms with Gasteiger partial charge in [-0.3, -0.25) is 14.5 Å². The van der Waals surface area contributed by atoms with Crippen LogP contribution >= 0.6 is 27.3 Å². The van der Waals surface area contributed by atoms with Crippen LogP contribution in [0.5, 0.6) is 0 Å². The topological polar surface area (TPSA) is 91.4 Å². The lowest BCUT2D eigenvalue weighted by Gasteiger charge is -2.21. The summed E-state index contributed by atoms with van der Waals surface area (Å²) >= 11 is 4.70. The Morgan fingerprint density at radius 2 is 1.97 bits per heavy atom. The molecular weight excluding hydrogens is 468 g/mol. The van der Waals surface area contributed by atoms with Crippen molar-refractivity contribution in [1.29, 1.82) is 0 Å². The largest absolute Gasteiger partial charge is 0.325 e. The second-order valence-corrected chi connectivity index (χ2v) is 8.68. The molecule has 0 saturated carbocycles. The summed E-state index contributed by atoms with van der Waals surface area (Å²) in [5.74, 6) is -0.964. The summed E-state index contributed by atoms with van der Waals surface area (Å²) in [4.78, 5) is 43.1. The van der Waals surface area contributed by atoms with Crippen molar-refractivity contribution in [3.05, 3.63) is 70.0 Å². The van der Waals surface area contributed by atoms with E-state index >= 15 is 0 Å². The van der Waals surface area contributed by atoms with Crippen LogP contribution in [0.15, 0.2) is 64.5 Å². The number of carbonyl (C=O) groups excluding carboxylic acids is 3. The molecule has 1 aromatic heterocycles. The summed E-state index contributed by atoms with van der Waals surface area (Å²) in [6.45, 7) is 1.24. The minimum atomic E-state index is -1.20. The van der Waals surface area contributed by atoms with Gasteiger partial charge in [0.1, 0.15) is 12.1 Å². The van der Waals surface area contributed by atoms with Gasteiger partial charge in [-0.05, 0) is 24.6 Å². The van der Waals surface area contributed by atoms with Crippen LogP contribution in [-0.4, -0.2) is 34.3 Å². The number of nitrogens with one attached hydrogen (secondary N) is 2. The highest BCUT2D eigenvalue weighted by Crippen LogP contribution is 2.29. The third-order valence-corrected chi connectivity index (χ3v) is 6.05. The Balaban J connectivity index is 1.45. The van der Waals surface area contributed by atoms with Gasteiger partial charge in [0.15, 0.2) is 5.13 Å². The average Bonchev–Trinajstić information content (AvgIpc) is 3.28. The molecule has 9 heteroatoms. The Morgan fingerprint density at radius 1 is 1.20 bits per heavy atom. The van der Waals surface area contributed by atoms with Crippen LogP contribution in [-0.2, 0) is 15.1 Å². The number of anilines is 1. The van der Waals surface area contributed by atoms with Gasteiger partial charge in [-0.15, -0.1) is 11.3 Å². The maximum Gasteiger partial charge on any atom is 0.325 e. The zero-order valence-electron chi connectivity index (χ0n) is 15.9. The van der Waals surface area contributed by atoms with E-state index in [1.165, 1.54) is 11.3 Å². The highest BCUT2D eigenvalue weighted by Gasteiger charge is 2.49. The van der Waals surface area contributed by atoms with Crippen LogP contribution in [0.3, 0.4) is 0 Å². The number of carbonyl (C=O) groups is 3. The van der Waals surface area contributed by atoms with E-state index in [2.05, 4.69) is 31.5 Å². The number of imide groups is 1. The fourth-order valence-corrected chi connectivity index (χ4v) is 4.36. The summed E-state index contributed by atoms with van der Waals surface area (Å²) in [5.41, 5.74) is 1.09. The monoisotopic (exact) mass is 484 g/mol. The third kappa shape index (κ3) is 3.86. The molecule has 1 aliphatic rings. The molecule has 2 N–H and O–H groups in total. The zero-order valence-corrected chi connectivity index (χ0v) is 18.3. The van der Waals surface area contributed by atoms with Crippen LogP contribution in [0.25, 0.3) is 11.3 Å². The van der Waals surface area contributed by atoms with E-state index in [-0.39, 0.29) is 6.54 Å². The number of nitrogens with zero attached hydrogens (tertiary/aromatic N) is 2. The third-order valence-electron chi connectivity index (χ3n) is 4.80. The molecule has 3 aromatic rings. The van der Waals surface area contributed by atoms with Gasteiger partial charge in [0.2, 0.25) is 5.91 Å². The number of hydrogen-bond acceptors (Lipinski definition) is 5. The fourth-order valence-electron chi connectivity index (χ4n) is 3.22. The van der Waals surface area contributed by atoms with E-state index in [1.54, 1.807) is 31.2 Å². The first-order valence-corrected chi connectivity index (χ1v) is 10.7. The zero-order chi connectivity index (χ0) is 21.3. The van der Waals surface area contributed by atoms with Crippen LogP contribution < -0.4 is 10.6 Å². The molecule has 4 rings (SSSR count). The van der Waals surface area contributed by atoms with Crippen LogP contribution in [0.2, 0.25) is 0 Å². The van der Waals surface area contributed by atoms with Crippen molar-refractivity contribution >= 4 is 50.2 Å². The van der Waals surface area contributed by atoms with Gasteiger partial charge >= 0.3 is 6.03 Å². The molecule has 2 heterocycles. The van der Waals surface area contributed by atoms with Gasteiger partial charge in [0.25, 0.3) is 5.91 Å². The first-order chi connectivity index (χ1) is 14.4. The molecule has 2 aromatic carbocycles. The Kier molecular flexibility index (Phi) is 5.40. The number of thiazole rings is 1. The van der Waals surface area contributed by atoms with Crippen LogP contribution in [0.4, 0.5) is 9.93 Å². The maximum atomic E-state index is 12.9. The quantitative estimate of drug-likeness (QED) is 0.535. The van der Waals surface area contributed by atoms with Crippen molar-refractivity contribution in [2.75, 3.05) is 11.9 Å². The van der Waals surface area contributed by atoms with Crippen molar-refractivity contribution in [1.82, 2.24) is 15.2 Å². The fraction of sp³-hybridized carbons (Fsp3) is 0.143. The SMILES string of the molecule is CC1(c2ccccc2)NC(=O)N(CC(=O)Nc2nc(-c3cccc(Br)c3)cs2)C1=O. The lowest BCUT2D eigenvalue weighted by Crippen LogP contribution is -2.42. The van der Waals surface area contributed by atoms with Crippen molar-refractivity contribution in [2.24, 2.45) is 0 Å². The van der Waals surface area contributed by atoms with E-state index < -0.39 is 23.4 Å². The van der Waals surface area contributed by atoms with Crippen molar-refractivity contribution in [2.45, 2.75) is 12.5 Å². The van der Waals surface area contributed by atoms with Crippen molar-refractivity contribution in [3.63, 3.8) is 0 Å². The van der Waals surface area contributed by atoms with Crippen LogP contribution in [0, 0.1) is 0 Å². The second kappa shape index (κ2) is 8.00. The number of halogens is 1. The predicted octanol–water partition coefficient (Wildman–Crippen LogP) is 3.98. The van der Waals surface area contributed by atoms with E-state index in [0.717, 1.165) is 20.6 Å². The number of urea groups is 1. The smallest absolute Gasteiger partial charge is 0.319 e. The molecule has 1 unspecified atom stereocenters. The van der Waals surface area contributed by atoms with Crippen LogP contribution in [0.1, 0.15) is 12.5 Å². The summed E-state index contributed by atoms with van der Waals surface area (Å²) in [6.07, 6.45) is 0. The summed E-state index contributed by atoms with van der Waals surface area (Å²) in [5, 5.41) is 7.58. The van der Waals surface area contributed by atoms with Crippen molar-refractivity contribution in [3.8, 4) is 11.3 Å². The number of hydrogen-bond donors (Lipinski definition) is 2. The lowest BCUT2D eigenvalue weighted by atomic mass is 9.92. The molecule has 0 radical (unpaired) electrons. The molecule has 0 bridgehead atoms. The highest BCUT2D eigenvalue weighted by atomic mass is 79.9. The molecule has 7 nitrogen and oxygen atoms in total. The number of benzene rings is 2. The minimum Gasteiger partial charge on any atom is -0.319 e. The van der Waals surface area contributed by atoms with Gasteiger partial charge in [-0.1, -0.05) is 58.4 Å². The van der Waals surface area contributed by atoms with Gasteiger partial charge in [0.05, 0.1) is 5.69 Å². The molecule has 1 atom stereocenters. The molecular formula is C21H17BrN4O3S. The summed E-state index contributed by atoms with van der Waals surface area (Å²) < 4.78 is 0.929. The number of rotatable bonds is 5. The molecule has 0 spiro atoms. The lowest BCUT2D eigenvalue weighted by molar-refractivity contribution is -0.133. The Hall–Kier alpha value is -3.04. The van der Waals surface area contributed by atoms with E-state index in [1.807, 2.05) is 35.7 Å². The number of amides is 4. The first-order valence-electron chi connectivity index (χ1n) is 9.08. The highest BCUT2D eigenvalue weighted by molar-refractivity contribution is 9.10. The standard InChI is InChI=1S/C21H17BrN4O3S/c1-21(14-7-3-2-4-8-14)18(28)26(20(29)25-21)11-17(27)24-19-23-16(12-30-19)13-6-5-9-15(22)10-13/h2-10,12H,11H2,1H3,(H,25,29)(H,23,24,27). The molecule has 1 aliphatic heterocycles. The Morgan fingerprint density at radius 3 is 2.70 bits per heavy atom. The van der Waals surface area contributed by atoms with Gasteiger partial charge in [0, 0.05) is 15.4 Å².